The third-order valence-electron chi connectivity index (χ3n) is 2.24. The SMILES string of the molecule is O=C(O)CC1CC(=O)c2occc21. The van der Waals surface area contributed by atoms with Crippen LogP contribution in [0.4, 0.5) is 0 Å². The number of hydrogen-bond acceptors (Lipinski definition) is 3. The fourth-order valence-electron chi connectivity index (χ4n) is 1.69. The van der Waals surface area contributed by atoms with Crippen molar-refractivity contribution >= 4 is 11.8 Å². The maximum absolute atomic E-state index is 11.2. The summed E-state index contributed by atoms with van der Waals surface area (Å²) >= 11 is 0. The number of aliphatic carboxylic acids is 1. The van der Waals surface area contributed by atoms with Crippen LogP contribution in [0.3, 0.4) is 0 Å². The summed E-state index contributed by atoms with van der Waals surface area (Å²) in [6, 6.07) is 1.67. The van der Waals surface area contributed by atoms with Crippen LogP contribution in [0, 0.1) is 0 Å². The average molecular weight is 180 g/mol. The normalized spacial score (nSPS) is 20.3. The highest BCUT2D eigenvalue weighted by atomic mass is 16.4. The van der Waals surface area contributed by atoms with E-state index in [0.29, 0.717) is 5.76 Å². The van der Waals surface area contributed by atoms with Gasteiger partial charge in [-0.15, -0.1) is 0 Å². The highest BCUT2D eigenvalue weighted by molar-refractivity contribution is 5.99. The van der Waals surface area contributed by atoms with Gasteiger partial charge in [-0.1, -0.05) is 0 Å². The third kappa shape index (κ3) is 1.24. The smallest absolute Gasteiger partial charge is 0.303 e. The van der Waals surface area contributed by atoms with E-state index in [1.54, 1.807) is 6.07 Å². The molecule has 0 fully saturated rings. The molecule has 13 heavy (non-hydrogen) atoms. The predicted octanol–water partition coefficient (Wildman–Crippen LogP) is 1.42. The van der Waals surface area contributed by atoms with E-state index in [1.165, 1.54) is 6.26 Å². The van der Waals surface area contributed by atoms with E-state index in [9.17, 15) is 9.59 Å². The largest absolute Gasteiger partial charge is 0.481 e. The Morgan fingerprint density at radius 2 is 2.46 bits per heavy atom. The molecule has 0 saturated carbocycles. The fourth-order valence-corrected chi connectivity index (χ4v) is 1.69. The van der Waals surface area contributed by atoms with Gasteiger partial charge in [0.2, 0.25) is 0 Å². The van der Waals surface area contributed by atoms with E-state index >= 15 is 0 Å². The van der Waals surface area contributed by atoms with E-state index in [2.05, 4.69) is 0 Å². The van der Waals surface area contributed by atoms with Crippen LogP contribution in [-0.2, 0) is 4.79 Å². The fraction of sp³-hybridized carbons (Fsp3) is 0.333. The van der Waals surface area contributed by atoms with Gasteiger partial charge in [0.1, 0.15) is 0 Å². The lowest BCUT2D eigenvalue weighted by Crippen LogP contribution is -2.03. The molecule has 1 heterocycles. The summed E-state index contributed by atoms with van der Waals surface area (Å²) in [5.74, 6) is -0.830. The van der Waals surface area contributed by atoms with Gasteiger partial charge >= 0.3 is 5.97 Å². The Bertz CT molecular complexity index is 363. The van der Waals surface area contributed by atoms with Crippen molar-refractivity contribution in [1.82, 2.24) is 0 Å². The van der Waals surface area contributed by atoms with Crippen molar-refractivity contribution in [2.24, 2.45) is 0 Å². The molecule has 0 spiro atoms. The van der Waals surface area contributed by atoms with Gasteiger partial charge in [0.25, 0.3) is 0 Å². The molecule has 1 unspecified atom stereocenters. The number of Topliss-reactive ketones (excluding diaryl/α,β-unsaturated/α-hetero) is 1. The third-order valence-corrected chi connectivity index (χ3v) is 2.24. The maximum atomic E-state index is 11.2. The number of fused-ring (bicyclic) bond motifs is 1. The van der Waals surface area contributed by atoms with Crippen molar-refractivity contribution in [2.75, 3.05) is 0 Å². The lowest BCUT2D eigenvalue weighted by atomic mass is 10.0. The van der Waals surface area contributed by atoms with Gasteiger partial charge in [0.05, 0.1) is 12.7 Å². The summed E-state index contributed by atoms with van der Waals surface area (Å²) in [5, 5.41) is 8.58. The number of carboxylic acids is 1. The molecule has 68 valence electrons. The van der Waals surface area contributed by atoms with Gasteiger partial charge in [0, 0.05) is 17.9 Å². The molecule has 0 saturated heterocycles. The number of ketones is 1. The number of furan rings is 1. The first-order valence-electron chi connectivity index (χ1n) is 4.01. The Morgan fingerprint density at radius 3 is 3.15 bits per heavy atom. The zero-order chi connectivity index (χ0) is 9.42. The Labute approximate surface area is 74.2 Å². The van der Waals surface area contributed by atoms with Crippen LogP contribution in [0.25, 0.3) is 0 Å². The molecular weight excluding hydrogens is 172 g/mol. The van der Waals surface area contributed by atoms with E-state index in [0.717, 1.165) is 5.56 Å². The van der Waals surface area contributed by atoms with Crippen LogP contribution < -0.4 is 0 Å². The molecule has 1 aliphatic carbocycles. The van der Waals surface area contributed by atoms with Crippen LogP contribution in [-0.4, -0.2) is 16.9 Å². The van der Waals surface area contributed by atoms with Crippen LogP contribution in [0.5, 0.6) is 0 Å². The molecule has 2 rings (SSSR count). The standard InChI is InChI=1S/C9H8O4/c10-7-3-5(4-8(11)12)6-1-2-13-9(6)7/h1-2,5H,3-4H2,(H,11,12). The Kier molecular flexibility index (Phi) is 1.69. The molecule has 0 aromatic carbocycles. The number of carboxylic acid groups (broad SMARTS) is 1. The summed E-state index contributed by atoms with van der Waals surface area (Å²) in [7, 11) is 0. The van der Waals surface area contributed by atoms with E-state index < -0.39 is 5.97 Å². The molecular formula is C9H8O4. The predicted molar refractivity (Wildman–Crippen MR) is 42.6 cm³/mol. The minimum atomic E-state index is -0.883. The first-order chi connectivity index (χ1) is 6.18. The lowest BCUT2D eigenvalue weighted by molar-refractivity contribution is -0.137. The van der Waals surface area contributed by atoms with Gasteiger partial charge in [-0.25, -0.2) is 0 Å². The molecule has 0 radical (unpaired) electrons. The molecule has 4 nitrogen and oxygen atoms in total. The van der Waals surface area contributed by atoms with E-state index in [4.69, 9.17) is 9.52 Å². The lowest BCUT2D eigenvalue weighted by Gasteiger charge is -2.02. The zero-order valence-electron chi connectivity index (χ0n) is 6.82. The quantitative estimate of drug-likeness (QED) is 0.747. The van der Waals surface area contributed by atoms with Crippen LogP contribution >= 0.6 is 0 Å². The topological polar surface area (TPSA) is 67.5 Å². The van der Waals surface area contributed by atoms with Crippen molar-refractivity contribution in [2.45, 2.75) is 18.8 Å². The van der Waals surface area contributed by atoms with Crippen molar-refractivity contribution in [1.29, 1.82) is 0 Å². The van der Waals surface area contributed by atoms with Gasteiger partial charge in [0.15, 0.2) is 11.5 Å². The summed E-state index contributed by atoms with van der Waals surface area (Å²) < 4.78 is 4.96. The van der Waals surface area contributed by atoms with Gasteiger partial charge in [-0.3, -0.25) is 9.59 Å². The monoisotopic (exact) mass is 180 g/mol. The minimum Gasteiger partial charge on any atom is -0.481 e. The van der Waals surface area contributed by atoms with Crippen molar-refractivity contribution in [3.8, 4) is 0 Å². The van der Waals surface area contributed by atoms with Crippen LogP contribution in [0.1, 0.15) is 34.9 Å². The molecule has 0 amide bonds. The summed E-state index contributed by atoms with van der Waals surface area (Å²) in [6.07, 6.45) is 1.69. The number of rotatable bonds is 2. The Hall–Kier alpha value is -1.58. The summed E-state index contributed by atoms with van der Waals surface area (Å²) in [5.41, 5.74) is 0.743. The number of carbonyl (C=O) groups excluding carboxylic acids is 1. The molecule has 0 bridgehead atoms. The molecule has 1 aromatic heterocycles. The number of carbonyl (C=O) groups is 2. The van der Waals surface area contributed by atoms with Crippen molar-refractivity contribution < 1.29 is 19.1 Å². The highest BCUT2D eigenvalue weighted by Gasteiger charge is 2.33. The molecule has 1 N–H and O–H groups in total. The highest BCUT2D eigenvalue weighted by Crippen LogP contribution is 2.35. The van der Waals surface area contributed by atoms with Gasteiger partial charge in [-0.2, -0.15) is 0 Å². The molecule has 0 aliphatic heterocycles. The second-order valence-corrected chi connectivity index (χ2v) is 3.13. The molecule has 1 aromatic rings. The second-order valence-electron chi connectivity index (χ2n) is 3.13. The minimum absolute atomic E-state index is 0.00171. The first-order valence-corrected chi connectivity index (χ1v) is 4.01. The van der Waals surface area contributed by atoms with Gasteiger partial charge in [-0.05, 0) is 6.07 Å². The Balaban J connectivity index is 2.28. The zero-order valence-corrected chi connectivity index (χ0v) is 6.82. The average Bonchev–Trinajstić information content (AvgIpc) is 2.56. The van der Waals surface area contributed by atoms with Crippen LogP contribution in [0.2, 0.25) is 0 Å². The number of hydrogen-bond donors (Lipinski definition) is 1. The second kappa shape index (κ2) is 2.73. The van der Waals surface area contributed by atoms with E-state index in [-0.39, 0.29) is 24.5 Å². The molecule has 1 aliphatic rings. The van der Waals surface area contributed by atoms with Gasteiger partial charge < -0.3 is 9.52 Å². The molecule has 1 atom stereocenters. The van der Waals surface area contributed by atoms with Crippen molar-refractivity contribution in [3.05, 3.63) is 23.7 Å². The van der Waals surface area contributed by atoms with Crippen LogP contribution in [0.15, 0.2) is 16.7 Å². The molecule has 4 heteroatoms. The first kappa shape index (κ1) is 8.04. The summed E-state index contributed by atoms with van der Waals surface area (Å²) in [4.78, 5) is 21.7. The van der Waals surface area contributed by atoms with E-state index in [1.807, 2.05) is 0 Å². The summed E-state index contributed by atoms with van der Waals surface area (Å²) in [6.45, 7) is 0. The van der Waals surface area contributed by atoms with Crippen molar-refractivity contribution in [3.63, 3.8) is 0 Å². The maximum Gasteiger partial charge on any atom is 0.303 e. The Morgan fingerprint density at radius 1 is 1.69 bits per heavy atom.